The van der Waals surface area contributed by atoms with E-state index in [4.69, 9.17) is 15.0 Å². The molecule has 15 rings (SSSR count). The van der Waals surface area contributed by atoms with Crippen LogP contribution in [0, 0.1) is 41.5 Å². The summed E-state index contributed by atoms with van der Waals surface area (Å²) in [4.78, 5) is 14.9. The molecule has 8 heteroatoms. The Labute approximate surface area is 562 Å². The monoisotopic (exact) mass is 1410 g/mol. The summed E-state index contributed by atoms with van der Waals surface area (Å²) in [5.74, 6) is -2.91. The summed E-state index contributed by atoms with van der Waals surface area (Å²) in [5, 5.41) is 0. The number of rotatable bonds is 14. The van der Waals surface area contributed by atoms with E-state index in [1.807, 2.05) is 85.1 Å². The maximum absolute atomic E-state index is 16.4. The molecule has 3 aromatic heterocycles. The number of halogens is 4. The van der Waals surface area contributed by atoms with Crippen molar-refractivity contribution in [2.75, 3.05) is 0 Å². The standard InChI is InChI=1S/C87H52F4N3.Ir/c88-79-44-42-75(86(90)84(79)60-24-9-3-10-25-60)81-46-40-64(53-92-81)69-30-13-15-32-71(69)66-49-67(72-33-16-14-31-70(72)65-41-47-82(93-54-65)76-43-45-80(89)85(87(76)91)61-26-11-4-12-27-61)51-68(50-66)73-34-17-18-35-74(73)78-55-94-83(63-29-19-28-62(48-63)57-22-7-2-8-23-57)52-77(78)59-38-36-58(37-39-59)56-20-5-1-6-21-56;/h1-28,30-41,44-55H;/q-3;+3. The Balaban J connectivity index is 0.00000778. The summed E-state index contributed by atoms with van der Waals surface area (Å²) in [7, 11) is 0. The van der Waals surface area contributed by atoms with Crippen molar-refractivity contribution in [2.24, 2.45) is 0 Å². The van der Waals surface area contributed by atoms with Crippen LogP contribution in [0.3, 0.4) is 0 Å². The van der Waals surface area contributed by atoms with Gasteiger partial charge in [0.15, 0.2) is 0 Å². The maximum atomic E-state index is 16.4. The molecule has 0 aliphatic carbocycles. The maximum Gasteiger partial charge on any atom is 3.00 e. The Morgan fingerprint density at radius 3 is 1.04 bits per heavy atom. The summed E-state index contributed by atoms with van der Waals surface area (Å²) in [6.07, 6.45) is 5.42. The van der Waals surface area contributed by atoms with Gasteiger partial charge in [0.1, 0.15) is 0 Å². The van der Waals surface area contributed by atoms with Crippen LogP contribution in [-0.2, 0) is 20.1 Å². The van der Waals surface area contributed by atoms with E-state index < -0.39 is 23.3 Å². The molecule has 0 radical (unpaired) electrons. The molecule has 0 saturated carbocycles. The summed E-state index contributed by atoms with van der Waals surface area (Å²) < 4.78 is 63.5. The van der Waals surface area contributed by atoms with Gasteiger partial charge < -0.3 is 15.0 Å². The zero-order valence-electron chi connectivity index (χ0n) is 50.7. The predicted molar refractivity (Wildman–Crippen MR) is 372 cm³/mol. The number of aromatic nitrogens is 3. The smallest absolute Gasteiger partial charge is 0.304 e. The second-order valence-electron chi connectivity index (χ2n) is 22.8. The molecule has 0 bridgehead atoms. The van der Waals surface area contributed by atoms with Gasteiger partial charge in [-0.2, -0.15) is 0 Å². The number of hydrogen-bond acceptors (Lipinski definition) is 3. The van der Waals surface area contributed by atoms with Crippen molar-refractivity contribution < 1.29 is 37.7 Å². The molecule has 0 aliphatic heterocycles. The van der Waals surface area contributed by atoms with Crippen molar-refractivity contribution in [2.45, 2.75) is 0 Å². The number of hydrogen-bond donors (Lipinski definition) is 0. The normalized spacial score (nSPS) is 11.1. The van der Waals surface area contributed by atoms with Crippen molar-refractivity contribution in [1.82, 2.24) is 15.0 Å². The molecule has 15 aromatic rings. The van der Waals surface area contributed by atoms with E-state index in [1.165, 1.54) is 0 Å². The minimum atomic E-state index is -0.742. The van der Waals surface area contributed by atoms with Crippen LogP contribution in [0.25, 0.3) is 156 Å². The van der Waals surface area contributed by atoms with Crippen LogP contribution in [0.5, 0.6) is 0 Å². The van der Waals surface area contributed by atoms with Gasteiger partial charge in [-0.05, 0) is 147 Å². The molecule has 0 spiro atoms. The summed E-state index contributed by atoms with van der Waals surface area (Å²) in [6, 6.07) is 105. The molecule has 12 aromatic carbocycles. The van der Waals surface area contributed by atoms with Crippen LogP contribution in [0.15, 0.2) is 316 Å². The van der Waals surface area contributed by atoms with Gasteiger partial charge in [-0.15, -0.1) is 59.7 Å². The molecule has 0 saturated heterocycles. The second kappa shape index (κ2) is 27.0. The molecule has 0 unspecified atom stereocenters. The third-order valence-electron chi connectivity index (χ3n) is 17.2. The first-order valence-electron chi connectivity index (χ1n) is 30.8. The van der Waals surface area contributed by atoms with E-state index in [9.17, 15) is 0 Å². The van der Waals surface area contributed by atoms with Gasteiger partial charge in [-0.3, -0.25) is 17.6 Å². The fourth-order valence-corrected chi connectivity index (χ4v) is 12.5. The average molecular weight is 1410 g/mol. The van der Waals surface area contributed by atoms with E-state index in [2.05, 4.69) is 152 Å². The van der Waals surface area contributed by atoms with Gasteiger partial charge in [0.2, 0.25) is 0 Å². The second-order valence-corrected chi connectivity index (χ2v) is 22.8. The molecule has 0 fully saturated rings. The molecule has 3 heterocycles. The van der Waals surface area contributed by atoms with E-state index in [1.54, 1.807) is 85.2 Å². The Kier molecular flexibility index (Phi) is 17.3. The average Bonchev–Trinajstić information content (AvgIpc) is 0.784. The van der Waals surface area contributed by atoms with Crippen molar-refractivity contribution in [3.05, 3.63) is 357 Å². The molecule has 0 amide bonds. The Morgan fingerprint density at radius 2 is 0.600 bits per heavy atom. The van der Waals surface area contributed by atoms with E-state index in [0.29, 0.717) is 22.5 Å². The number of pyridine rings is 3. The molecule has 0 atom stereocenters. The first-order valence-corrected chi connectivity index (χ1v) is 30.8. The molecule has 95 heavy (non-hydrogen) atoms. The first kappa shape index (κ1) is 61.0. The van der Waals surface area contributed by atoms with E-state index in [0.717, 1.165) is 124 Å². The van der Waals surface area contributed by atoms with Gasteiger partial charge in [0.05, 0.1) is 0 Å². The Bertz CT molecular complexity index is 5060. The minimum absolute atomic E-state index is 0. The zero-order valence-corrected chi connectivity index (χ0v) is 53.1. The van der Waals surface area contributed by atoms with Gasteiger partial charge in [-0.25, -0.2) is 0 Å². The van der Waals surface area contributed by atoms with Gasteiger partial charge in [0.25, 0.3) is 0 Å². The van der Waals surface area contributed by atoms with Crippen LogP contribution in [0.2, 0.25) is 0 Å². The van der Waals surface area contributed by atoms with Crippen LogP contribution >= 0.6 is 0 Å². The fraction of sp³-hybridized carbons (Fsp3) is 0. The minimum Gasteiger partial charge on any atom is -0.304 e. The third kappa shape index (κ3) is 12.3. The van der Waals surface area contributed by atoms with Gasteiger partial charge >= 0.3 is 20.1 Å². The summed E-state index contributed by atoms with van der Waals surface area (Å²) >= 11 is 0. The quantitative estimate of drug-likeness (QED) is 0.0804. The molecular formula is C87H52F4IrN3. The molecule has 3 nitrogen and oxygen atoms in total. The molecular weight excluding hydrogens is 1360 g/mol. The molecule has 452 valence electrons. The van der Waals surface area contributed by atoms with Crippen molar-refractivity contribution >= 4 is 0 Å². The fourth-order valence-electron chi connectivity index (χ4n) is 12.5. The van der Waals surface area contributed by atoms with Gasteiger partial charge in [0, 0.05) is 47.4 Å². The number of benzene rings is 12. The van der Waals surface area contributed by atoms with Crippen molar-refractivity contribution in [3.63, 3.8) is 0 Å². The van der Waals surface area contributed by atoms with Gasteiger partial charge in [-0.1, -0.05) is 260 Å². The van der Waals surface area contributed by atoms with Crippen LogP contribution in [-0.4, -0.2) is 15.0 Å². The number of nitrogens with zero attached hydrogens (tertiary/aromatic N) is 3. The van der Waals surface area contributed by atoms with Crippen molar-refractivity contribution in [1.29, 1.82) is 0 Å². The third-order valence-corrected chi connectivity index (χ3v) is 17.2. The molecule has 0 N–H and O–H groups in total. The van der Waals surface area contributed by atoms with Crippen LogP contribution in [0.4, 0.5) is 17.6 Å². The van der Waals surface area contributed by atoms with E-state index >= 15 is 17.6 Å². The Morgan fingerprint density at radius 1 is 0.242 bits per heavy atom. The SMILES string of the molecule is Fc1c[c-]c(-c2ccc(-c3ccccc3-c3cc(-c4ccccc4-c4ccc(-c5[c-]cc(F)c(-c6ccccc6)c5F)nc4)cc(-c4ccccc4-c4cnc(-c5[c-]ccc(-c6ccccc6)c5)cc4-c4ccc(-c5ccccc5)cc4)c3)cn2)c(F)c1-c1ccccc1.[Ir+3]. The first-order chi connectivity index (χ1) is 46.3. The van der Waals surface area contributed by atoms with Crippen LogP contribution in [0.1, 0.15) is 0 Å². The summed E-state index contributed by atoms with van der Waals surface area (Å²) in [6.45, 7) is 0. The van der Waals surface area contributed by atoms with Crippen molar-refractivity contribution in [3.8, 4) is 156 Å². The zero-order chi connectivity index (χ0) is 63.5. The topological polar surface area (TPSA) is 38.7 Å². The van der Waals surface area contributed by atoms with Crippen LogP contribution < -0.4 is 0 Å². The Hall–Kier alpha value is -11.5. The largest absolute Gasteiger partial charge is 3.00 e. The molecule has 0 aliphatic rings. The van der Waals surface area contributed by atoms with E-state index in [-0.39, 0.29) is 42.4 Å². The summed E-state index contributed by atoms with van der Waals surface area (Å²) in [5.41, 5.74) is 19.9. The predicted octanol–water partition coefficient (Wildman–Crippen LogP) is 23.2.